The van der Waals surface area contributed by atoms with Gasteiger partial charge in [0.25, 0.3) is 5.91 Å². The van der Waals surface area contributed by atoms with Crippen molar-refractivity contribution < 1.29 is 14.6 Å². The molecule has 1 unspecified atom stereocenters. The van der Waals surface area contributed by atoms with Gasteiger partial charge in [-0.3, -0.25) is 4.79 Å². The summed E-state index contributed by atoms with van der Waals surface area (Å²) in [6, 6.07) is 14.4. The molecule has 2 N–H and O–H groups in total. The van der Waals surface area contributed by atoms with E-state index in [1.54, 1.807) is 31.2 Å². The fourth-order valence-corrected chi connectivity index (χ4v) is 2.17. The van der Waals surface area contributed by atoms with E-state index < -0.39 is 6.10 Å². The van der Waals surface area contributed by atoms with Gasteiger partial charge in [-0.05, 0) is 30.2 Å². The van der Waals surface area contributed by atoms with Crippen LogP contribution in [0.4, 0.5) is 0 Å². The highest BCUT2D eigenvalue weighted by Gasteiger charge is 2.16. The average Bonchev–Trinajstić information content (AvgIpc) is 2.54. The van der Waals surface area contributed by atoms with Crippen LogP contribution in [0.2, 0.25) is 5.02 Å². The zero-order valence-corrected chi connectivity index (χ0v) is 13.0. The molecule has 0 bridgehead atoms. The number of hydrogen-bond donors (Lipinski definition) is 2. The highest BCUT2D eigenvalue weighted by molar-refractivity contribution is 6.32. The number of ether oxygens (including phenoxy) is 1. The fraction of sp³-hybridized carbons (Fsp3) is 0.235. The monoisotopic (exact) mass is 319 g/mol. The van der Waals surface area contributed by atoms with Gasteiger partial charge < -0.3 is 15.2 Å². The van der Waals surface area contributed by atoms with E-state index in [9.17, 15) is 9.90 Å². The summed E-state index contributed by atoms with van der Waals surface area (Å²) in [5.74, 6) is 0.232. The van der Waals surface area contributed by atoms with Gasteiger partial charge in [-0.2, -0.15) is 0 Å². The molecule has 2 rings (SSSR count). The zero-order chi connectivity index (χ0) is 15.9. The predicted molar refractivity (Wildman–Crippen MR) is 85.8 cm³/mol. The van der Waals surface area contributed by atoms with Crippen LogP contribution in [0.3, 0.4) is 0 Å². The molecule has 2 aromatic carbocycles. The lowest BCUT2D eigenvalue weighted by molar-refractivity contribution is -0.127. The van der Waals surface area contributed by atoms with Crippen LogP contribution in [-0.2, 0) is 17.9 Å². The van der Waals surface area contributed by atoms with E-state index in [1.807, 2.05) is 24.3 Å². The van der Waals surface area contributed by atoms with Crippen LogP contribution in [-0.4, -0.2) is 17.1 Å². The normalized spacial score (nSPS) is 11.8. The molecule has 2 aromatic rings. The van der Waals surface area contributed by atoms with Gasteiger partial charge in [-0.25, -0.2) is 0 Å². The van der Waals surface area contributed by atoms with Crippen molar-refractivity contribution in [3.05, 3.63) is 64.7 Å². The minimum Gasteiger partial charge on any atom is -0.479 e. The SMILES string of the molecule is CC(Oc1ccccc1Cl)C(=O)NCc1ccccc1CO. The van der Waals surface area contributed by atoms with Crippen molar-refractivity contribution in [2.24, 2.45) is 0 Å². The second kappa shape index (κ2) is 7.82. The lowest BCUT2D eigenvalue weighted by atomic mass is 10.1. The van der Waals surface area contributed by atoms with Gasteiger partial charge in [0.1, 0.15) is 5.75 Å². The first-order chi connectivity index (χ1) is 10.6. The largest absolute Gasteiger partial charge is 0.479 e. The molecule has 0 aliphatic rings. The van der Waals surface area contributed by atoms with Gasteiger partial charge in [0.2, 0.25) is 0 Å². The lowest BCUT2D eigenvalue weighted by Crippen LogP contribution is -2.36. The Morgan fingerprint density at radius 1 is 1.18 bits per heavy atom. The third kappa shape index (κ3) is 4.23. The topological polar surface area (TPSA) is 58.6 Å². The number of carbonyl (C=O) groups excluding carboxylic acids is 1. The maximum atomic E-state index is 12.1. The number of amides is 1. The minimum atomic E-state index is -0.666. The molecule has 0 fully saturated rings. The molecule has 0 aliphatic carbocycles. The van der Waals surface area contributed by atoms with Crippen molar-refractivity contribution in [2.75, 3.05) is 0 Å². The van der Waals surface area contributed by atoms with Crippen LogP contribution in [0.1, 0.15) is 18.1 Å². The quantitative estimate of drug-likeness (QED) is 0.860. The van der Waals surface area contributed by atoms with E-state index in [4.69, 9.17) is 16.3 Å². The van der Waals surface area contributed by atoms with Crippen LogP contribution in [0.5, 0.6) is 5.75 Å². The molecule has 5 heteroatoms. The smallest absolute Gasteiger partial charge is 0.261 e. The third-order valence-electron chi connectivity index (χ3n) is 3.25. The van der Waals surface area contributed by atoms with E-state index >= 15 is 0 Å². The standard InChI is InChI=1S/C17H18ClNO3/c1-12(22-16-9-5-4-8-15(16)18)17(21)19-10-13-6-2-3-7-14(13)11-20/h2-9,12,20H,10-11H2,1H3,(H,19,21). The van der Waals surface area contributed by atoms with Crippen molar-refractivity contribution in [2.45, 2.75) is 26.2 Å². The first-order valence-electron chi connectivity index (χ1n) is 6.98. The number of nitrogens with one attached hydrogen (secondary N) is 1. The Labute approximate surface area is 134 Å². The van der Waals surface area contributed by atoms with Crippen molar-refractivity contribution in [1.82, 2.24) is 5.32 Å². The number of para-hydroxylation sites is 1. The van der Waals surface area contributed by atoms with E-state index in [-0.39, 0.29) is 12.5 Å². The number of hydrogen-bond acceptors (Lipinski definition) is 3. The molecule has 0 radical (unpaired) electrons. The summed E-state index contributed by atoms with van der Waals surface area (Å²) in [5.41, 5.74) is 1.67. The van der Waals surface area contributed by atoms with Gasteiger partial charge in [0, 0.05) is 6.54 Å². The van der Waals surface area contributed by atoms with Crippen LogP contribution in [0.15, 0.2) is 48.5 Å². The second-order valence-corrected chi connectivity index (χ2v) is 5.24. The van der Waals surface area contributed by atoms with Crippen molar-refractivity contribution >= 4 is 17.5 Å². The van der Waals surface area contributed by atoms with Gasteiger partial charge in [-0.1, -0.05) is 48.0 Å². The van der Waals surface area contributed by atoms with Crippen LogP contribution >= 0.6 is 11.6 Å². The minimum absolute atomic E-state index is 0.0578. The summed E-state index contributed by atoms with van der Waals surface area (Å²) in [7, 11) is 0. The van der Waals surface area contributed by atoms with Crippen molar-refractivity contribution in [3.63, 3.8) is 0 Å². The number of aliphatic hydroxyl groups excluding tert-OH is 1. The number of aliphatic hydroxyl groups is 1. The summed E-state index contributed by atoms with van der Waals surface area (Å²) < 4.78 is 5.56. The second-order valence-electron chi connectivity index (χ2n) is 4.84. The summed E-state index contributed by atoms with van der Waals surface area (Å²) >= 11 is 6.00. The number of benzene rings is 2. The Morgan fingerprint density at radius 3 is 2.50 bits per heavy atom. The summed E-state index contributed by atoms with van der Waals surface area (Å²) in [4.78, 5) is 12.1. The first-order valence-corrected chi connectivity index (χ1v) is 7.36. The number of rotatable bonds is 6. The molecule has 0 saturated carbocycles. The van der Waals surface area contributed by atoms with Gasteiger partial charge in [0.15, 0.2) is 6.10 Å². The summed E-state index contributed by atoms with van der Waals surface area (Å²) in [6.07, 6.45) is -0.666. The van der Waals surface area contributed by atoms with Crippen LogP contribution in [0.25, 0.3) is 0 Å². The van der Waals surface area contributed by atoms with E-state index in [2.05, 4.69) is 5.32 Å². The Balaban J connectivity index is 1.93. The van der Waals surface area contributed by atoms with Gasteiger partial charge in [0.05, 0.1) is 11.6 Å². The molecule has 0 heterocycles. The van der Waals surface area contributed by atoms with E-state index in [1.165, 1.54) is 0 Å². The molecule has 1 amide bonds. The maximum absolute atomic E-state index is 12.1. The molecule has 0 aromatic heterocycles. The van der Waals surface area contributed by atoms with Crippen molar-refractivity contribution in [3.8, 4) is 5.75 Å². The Morgan fingerprint density at radius 2 is 1.82 bits per heavy atom. The molecule has 0 aliphatic heterocycles. The molecule has 116 valence electrons. The third-order valence-corrected chi connectivity index (χ3v) is 3.56. The molecule has 0 saturated heterocycles. The Bertz CT molecular complexity index is 645. The summed E-state index contributed by atoms with van der Waals surface area (Å²) in [6.45, 7) is 1.94. The molecule has 0 spiro atoms. The molecule has 22 heavy (non-hydrogen) atoms. The van der Waals surface area contributed by atoms with Gasteiger partial charge >= 0.3 is 0 Å². The molecular weight excluding hydrogens is 302 g/mol. The average molecular weight is 320 g/mol. The predicted octanol–water partition coefficient (Wildman–Crippen LogP) is 2.92. The molecule has 1 atom stereocenters. The highest BCUT2D eigenvalue weighted by atomic mass is 35.5. The summed E-state index contributed by atoms with van der Waals surface area (Å²) in [5, 5.41) is 12.5. The van der Waals surface area contributed by atoms with Crippen LogP contribution < -0.4 is 10.1 Å². The first kappa shape index (κ1) is 16.3. The number of halogens is 1. The Kier molecular flexibility index (Phi) is 5.81. The molecule has 4 nitrogen and oxygen atoms in total. The van der Waals surface area contributed by atoms with Gasteiger partial charge in [-0.15, -0.1) is 0 Å². The highest BCUT2D eigenvalue weighted by Crippen LogP contribution is 2.24. The van der Waals surface area contributed by atoms with Crippen LogP contribution in [0, 0.1) is 0 Å². The Hall–Kier alpha value is -2.04. The lowest BCUT2D eigenvalue weighted by Gasteiger charge is -2.16. The van der Waals surface area contributed by atoms with E-state index in [0.29, 0.717) is 17.3 Å². The maximum Gasteiger partial charge on any atom is 0.261 e. The van der Waals surface area contributed by atoms with E-state index in [0.717, 1.165) is 11.1 Å². The zero-order valence-electron chi connectivity index (χ0n) is 12.3. The van der Waals surface area contributed by atoms with Crippen molar-refractivity contribution in [1.29, 1.82) is 0 Å². The number of carbonyl (C=O) groups is 1. The molecular formula is C17H18ClNO3. The fourth-order valence-electron chi connectivity index (χ4n) is 1.99.